The van der Waals surface area contributed by atoms with Gasteiger partial charge in [0.05, 0.1) is 32.7 Å². The van der Waals surface area contributed by atoms with Crippen LogP contribution in [0.4, 0.5) is 5.69 Å². The van der Waals surface area contributed by atoms with Crippen LogP contribution in [-0.4, -0.2) is 39.0 Å². The van der Waals surface area contributed by atoms with Gasteiger partial charge < -0.3 is 9.80 Å². The van der Waals surface area contributed by atoms with Crippen molar-refractivity contribution in [3.63, 3.8) is 0 Å². The Balaban J connectivity index is 2.15. The lowest BCUT2D eigenvalue weighted by Crippen LogP contribution is -3.14. The zero-order chi connectivity index (χ0) is 13.8. The number of benzene rings is 1. The number of rotatable bonds is 4. The third-order valence-corrected chi connectivity index (χ3v) is 3.87. The van der Waals surface area contributed by atoms with E-state index in [1.54, 1.807) is 4.90 Å². The first-order valence-electron chi connectivity index (χ1n) is 6.91. The van der Waals surface area contributed by atoms with Gasteiger partial charge in [-0.1, -0.05) is 6.58 Å². The highest BCUT2D eigenvalue weighted by atomic mass is 16.1. The standard InChI is InChI=1S/C16H22N2O/c1-4-5-17-6-8-18(9-7-17)16-13(2)10-15(12-19)11-14(16)3/h4,10-12H,1,5-9H2,2-3H3/p+1. The van der Waals surface area contributed by atoms with Gasteiger partial charge in [-0.2, -0.15) is 0 Å². The molecule has 102 valence electrons. The van der Waals surface area contributed by atoms with E-state index in [2.05, 4.69) is 25.3 Å². The Kier molecular flexibility index (Phi) is 4.38. The summed E-state index contributed by atoms with van der Waals surface area (Å²) >= 11 is 0. The van der Waals surface area contributed by atoms with E-state index >= 15 is 0 Å². The lowest BCUT2D eigenvalue weighted by atomic mass is 10.0. The first kappa shape index (κ1) is 13.8. The van der Waals surface area contributed by atoms with Crippen LogP contribution in [0.3, 0.4) is 0 Å². The van der Waals surface area contributed by atoms with E-state index in [4.69, 9.17) is 0 Å². The average Bonchev–Trinajstić information content (AvgIpc) is 2.40. The highest BCUT2D eigenvalue weighted by Crippen LogP contribution is 2.25. The Hall–Kier alpha value is -1.61. The molecule has 3 heteroatoms. The Labute approximate surface area is 115 Å². The van der Waals surface area contributed by atoms with Gasteiger partial charge in [-0.25, -0.2) is 0 Å². The molecule has 3 nitrogen and oxygen atoms in total. The van der Waals surface area contributed by atoms with Crippen molar-refractivity contribution >= 4 is 12.0 Å². The van der Waals surface area contributed by atoms with E-state index < -0.39 is 0 Å². The topological polar surface area (TPSA) is 24.8 Å². The van der Waals surface area contributed by atoms with Gasteiger partial charge in [0.25, 0.3) is 0 Å². The number of nitrogens with zero attached hydrogens (tertiary/aromatic N) is 1. The zero-order valence-corrected chi connectivity index (χ0v) is 11.9. The molecule has 0 unspecified atom stereocenters. The number of piperazine rings is 1. The van der Waals surface area contributed by atoms with Gasteiger partial charge in [0.15, 0.2) is 0 Å². The molecule has 1 N–H and O–H groups in total. The molecular formula is C16H23N2O+. The molecule has 1 aliphatic rings. The van der Waals surface area contributed by atoms with Crippen molar-refractivity contribution in [2.75, 3.05) is 37.6 Å². The largest absolute Gasteiger partial charge is 0.360 e. The van der Waals surface area contributed by atoms with Crippen LogP contribution in [0.1, 0.15) is 21.5 Å². The fourth-order valence-corrected chi connectivity index (χ4v) is 3.01. The second-order valence-corrected chi connectivity index (χ2v) is 5.35. The summed E-state index contributed by atoms with van der Waals surface area (Å²) in [7, 11) is 0. The normalized spacial score (nSPS) is 16.4. The minimum absolute atomic E-state index is 0.773. The number of anilines is 1. The van der Waals surface area contributed by atoms with Crippen LogP contribution < -0.4 is 9.80 Å². The van der Waals surface area contributed by atoms with E-state index in [9.17, 15) is 4.79 Å². The molecule has 1 heterocycles. The molecule has 0 spiro atoms. The zero-order valence-electron chi connectivity index (χ0n) is 11.9. The Morgan fingerprint density at radius 1 is 1.26 bits per heavy atom. The van der Waals surface area contributed by atoms with Crippen molar-refractivity contribution in [1.29, 1.82) is 0 Å². The molecule has 19 heavy (non-hydrogen) atoms. The van der Waals surface area contributed by atoms with E-state index in [0.717, 1.165) is 44.6 Å². The molecule has 1 aromatic rings. The summed E-state index contributed by atoms with van der Waals surface area (Å²) in [5.41, 5.74) is 4.49. The highest BCUT2D eigenvalue weighted by Gasteiger charge is 2.21. The van der Waals surface area contributed by atoms with Crippen molar-refractivity contribution in [2.45, 2.75) is 13.8 Å². The van der Waals surface area contributed by atoms with Gasteiger partial charge in [0.1, 0.15) is 6.29 Å². The molecule has 0 radical (unpaired) electrons. The molecule has 1 aliphatic heterocycles. The number of nitrogens with one attached hydrogen (secondary N) is 1. The summed E-state index contributed by atoms with van der Waals surface area (Å²) in [6.07, 6.45) is 2.93. The van der Waals surface area contributed by atoms with E-state index in [-0.39, 0.29) is 0 Å². The first-order chi connectivity index (χ1) is 9.15. The van der Waals surface area contributed by atoms with Crippen LogP contribution in [0.2, 0.25) is 0 Å². The summed E-state index contributed by atoms with van der Waals surface area (Å²) in [6, 6.07) is 3.97. The molecule has 0 aromatic heterocycles. The van der Waals surface area contributed by atoms with Crippen molar-refractivity contribution in [1.82, 2.24) is 0 Å². The average molecular weight is 259 g/mol. The molecule has 0 aliphatic carbocycles. The summed E-state index contributed by atoms with van der Waals surface area (Å²) in [4.78, 5) is 14.9. The smallest absolute Gasteiger partial charge is 0.150 e. The quantitative estimate of drug-likeness (QED) is 0.645. The van der Waals surface area contributed by atoms with Crippen molar-refractivity contribution in [2.24, 2.45) is 0 Å². The predicted octanol–water partition coefficient (Wildman–Crippen LogP) is 1.01. The molecular weight excluding hydrogens is 236 g/mol. The second-order valence-electron chi connectivity index (χ2n) is 5.35. The monoisotopic (exact) mass is 259 g/mol. The maximum absolute atomic E-state index is 10.9. The summed E-state index contributed by atoms with van der Waals surface area (Å²) in [5, 5.41) is 0. The number of aldehydes is 1. The van der Waals surface area contributed by atoms with Gasteiger partial charge in [0, 0.05) is 11.3 Å². The first-order valence-corrected chi connectivity index (χ1v) is 6.91. The van der Waals surface area contributed by atoms with Gasteiger partial charge in [-0.05, 0) is 43.2 Å². The predicted molar refractivity (Wildman–Crippen MR) is 79.3 cm³/mol. The minimum Gasteiger partial charge on any atom is -0.360 e. The van der Waals surface area contributed by atoms with E-state index in [0.29, 0.717) is 0 Å². The minimum atomic E-state index is 0.773. The van der Waals surface area contributed by atoms with Gasteiger partial charge in [-0.15, -0.1) is 0 Å². The number of quaternary nitrogens is 1. The van der Waals surface area contributed by atoms with Gasteiger partial charge >= 0.3 is 0 Å². The van der Waals surface area contributed by atoms with Crippen LogP contribution in [0.5, 0.6) is 0 Å². The third kappa shape index (κ3) is 3.04. The lowest BCUT2D eigenvalue weighted by Gasteiger charge is -2.35. The number of carbonyl (C=O) groups is 1. The van der Waals surface area contributed by atoms with Crippen LogP contribution >= 0.6 is 0 Å². The fourth-order valence-electron chi connectivity index (χ4n) is 3.01. The summed E-state index contributed by atoms with van der Waals surface area (Å²) in [5.74, 6) is 0. The van der Waals surface area contributed by atoms with Crippen molar-refractivity contribution in [3.8, 4) is 0 Å². The van der Waals surface area contributed by atoms with Crippen molar-refractivity contribution < 1.29 is 9.69 Å². The molecule has 1 saturated heterocycles. The highest BCUT2D eigenvalue weighted by molar-refractivity contribution is 5.78. The molecule has 2 rings (SSSR count). The van der Waals surface area contributed by atoms with Crippen LogP contribution in [0.25, 0.3) is 0 Å². The molecule has 1 aromatic carbocycles. The Morgan fingerprint density at radius 3 is 2.32 bits per heavy atom. The van der Waals surface area contributed by atoms with Gasteiger partial charge in [0.2, 0.25) is 0 Å². The van der Waals surface area contributed by atoms with Crippen molar-refractivity contribution in [3.05, 3.63) is 41.5 Å². The van der Waals surface area contributed by atoms with Crippen LogP contribution in [0, 0.1) is 13.8 Å². The number of carbonyl (C=O) groups excluding carboxylic acids is 1. The molecule has 0 amide bonds. The number of hydrogen-bond donors (Lipinski definition) is 1. The van der Waals surface area contributed by atoms with E-state index in [1.165, 1.54) is 16.8 Å². The number of aryl methyl sites for hydroxylation is 2. The maximum atomic E-state index is 10.9. The summed E-state index contributed by atoms with van der Waals surface area (Å²) < 4.78 is 0. The summed E-state index contributed by atoms with van der Waals surface area (Å²) in [6.45, 7) is 13.5. The van der Waals surface area contributed by atoms with E-state index in [1.807, 2.05) is 18.2 Å². The third-order valence-electron chi connectivity index (χ3n) is 3.87. The SMILES string of the molecule is C=CC[NH+]1CCN(c2c(C)cc(C=O)cc2C)CC1. The van der Waals surface area contributed by atoms with Gasteiger partial charge in [-0.3, -0.25) is 4.79 Å². The lowest BCUT2D eigenvalue weighted by molar-refractivity contribution is -0.894. The van der Waals surface area contributed by atoms with Crippen LogP contribution in [-0.2, 0) is 0 Å². The molecule has 0 saturated carbocycles. The fraction of sp³-hybridized carbons (Fsp3) is 0.438. The van der Waals surface area contributed by atoms with Crippen LogP contribution in [0.15, 0.2) is 24.8 Å². The molecule has 0 bridgehead atoms. The molecule has 1 fully saturated rings. The maximum Gasteiger partial charge on any atom is 0.150 e. The number of hydrogen-bond acceptors (Lipinski definition) is 2. The second kappa shape index (κ2) is 6.02. The molecule has 0 atom stereocenters. The Morgan fingerprint density at radius 2 is 1.84 bits per heavy atom. The Bertz CT molecular complexity index is 451.